The summed E-state index contributed by atoms with van der Waals surface area (Å²) < 4.78 is 38.6. The number of aromatic nitrogens is 2. The Morgan fingerprint density at radius 3 is 2.58 bits per heavy atom. The molecule has 2 amide bonds. The number of hydrogen-bond donors (Lipinski definition) is 1. The lowest BCUT2D eigenvalue weighted by Crippen LogP contribution is -2.42. The molecule has 2 aromatic heterocycles. The van der Waals surface area contributed by atoms with Crippen molar-refractivity contribution in [3.8, 4) is 0 Å². The fraction of sp³-hybridized carbons (Fsp3) is 0.391. The van der Waals surface area contributed by atoms with E-state index in [4.69, 9.17) is 9.15 Å². The largest absolute Gasteiger partial charge is 0.467 e. The molecule has 2 heterocycles. The lowest BCUT2D eigenvalue weighted by atomic mass is 10.2. The highest BCUT2D eigenvalue weighted by Crippen LogP contribution is 2.20. The summed E-state index contributed by atoms with van der Waals surface area (Å²) in [4.78, 5) is 18.7. The van der Waals surface area contributed by atoms with Crippen molar-refractivity contribution in [2.45, 2.75) is 50.4 Å². The van der Waals surface area contributed by atoms with Crippen molar-refractivity contribution in [3.63, 3.8) is 0 Å². The number of sulfone groups is 1. The number of nitrogens with one attached hydrogen (secondary N) is 1. The zero-order chi connectivity index (χ0) is 23.8. The summed E-state index contributed by atoms with van der Waals surface area (Å²) in [6, 6.07) is 12.2. The number of nitrogens with zero attached hydrogens (tertiary/aromatic N) is 3. The highest BCUT2D eigenvalue weighted by molar-refractivity contribution is 7.90. The predicted octanol–water partition coefficient (Wildman–Crippen LogP) is 3.22. The number of rotatable bonds is 11. The summed E-state index contributed by atoms with van der Waals surface area (Å²) in [6.45, 7) is 4.72. The molecule has 3 aromatic rings. The third kappa shape index (κ3) is 6.69. The van der Waals surface area contributed by atoms with Gasteiger partial charge in [0.25, 0.3) is 0 Å². The van der Waals surface area contributed by atoms with Gasteiger partial charge in [-0.1, -0.05) is 30.3 Å². The molecule has 0 unspecified atom stereocenters. The number of amides is 2. The summed E-state index contributed by atoms with van der Waals surface area (Å²) in [5, 5.41) is 2.84. The number of ether oxygens (including phenoxy) is 1. The van der Waals surface area contributed by atoms with E-state index in [1.54, 1.807) is 59.2 Å². The van der Waals surface area contributed by atoms with Gasteiger partial charge in [-0.05, 0) is 31.5 Å². The molecule has 0 aliphatic rings. The van der Waals surface area contributed by atoms with Crippen molar-refractivity contribution >= 4 is 15.9 Å². The first-order chi connectivity index (χ1) is 15.8. The van der Waals surface area contributed by atoms with Crippen LogP contribution in [-0.2, 0) is 40.0 Å². The number of benzene rings is 1. The minimum absolute atomic E-state index is 0.0411. The number of carbonyl (C=O) groups is 1. The first-order valence-corrected chi connectivity index (χ1v) is 12.3. The standard InChI is InChI=1S/C23H30N4O5S/c1-18(2)25-22(28)26(16-21-10-7-12-32-21)15-20-14-24-23(27(20)11-13-31-3)33(29,30)17-19-8-5-4-6-9-19/h4-10,12,14,18H,11,13,15-17H2,1-3H3,(H,25,28). The lowest BCUT2D eigenvalue weighted by molar-refractivity contribution is 0.175. The topological polar surface area (TPSA) is 107 Å². The Bertz CT molecular complexity index is 1130. The van der Waals surface area contributed by atoms with Crippen molar-refractivity contribution in [3.05, 3.63) is 71.9 Å². The number of methoxy groups -OCH3 is 1. The van der Waals surface area contributed by atoms with E-state index in [-0.39, 0.29) is 42.6 Å². The van der Waals surface area contributed by atoms with E-state index in [2.05, 4.69) is 10.3 Å². The maximum atomic E-state index is 13.2. The molecule has 0 atom stereocenters. The van der Waals surface area contributed by atoms with Crippen LogP contribution >= 0.6 is 0 Å². The zero-order valence-corrected chi connectivity index (χ0v) is 19.9. The van der Waals surface area contributed by atoms with E-state index in [9.17, 15) is 13.2 Å². The maximum absolute atomic E-state index is 13.2. The van der Waals surface area contributed by atoms with E-state index in [0.717, 1.165) is 0 Å². The minimum atomic E-state index is -3.72. The third-order valence-corrected chi connectivity index (χ3v) is 6.47. The van der Waals surface area contributed by atoms with Gasteiger partial charge in [0, 0.05) is 19.7 Å². The van der Waals surface area contributed by atoms with Crippen LogP contribution in [0, 0.1) is 0 Å². The van der Waals surface area contributed by atoms with E-state index >= 15 is 0 Å². The molecule has 0 saturated heterocycles. The van der Waals surface area contributed by atoms with Crippen molar-refractivity contribution < 1.29 is 22.4 Å². The number of carbonyl (C=O) groups excluding carboxylic acids is 1. The molecule has 1 aromatic carbocycles. The maximum Gasteiger partial charge on any atom is 0.318 e. The molecule has 0 saturated carbocycles. The van der Waals surface area contributed by atoms with Crippen LogP contribution in [0.4, 0.5) is 4.79 Å². The summed E-state index contributed by atoms with van der Waals surface area (Å²) in [6.07, 6.45) is 3.05. The van der Waals surface area contributed by atoms with Crippen LogP contribution in [0.2, 0.25) is 0 Å². The van der Waals surface area contributed by atoms with Crippen LogP contribution in [-0.4, -0.2) is 48.7 Å². The summed E-state index contributed by atoms with van der Waals surface area (Å²) >= 11 is 0. The second-order valence-corrected chi connectivity index (χ2v) is 9.84. The number of hydrogen-bond acceptors (Lipinski definition) is 6. The van der Waals surface area contributed by atoms with E-state index in [1.807, 2.05) is 19.9 Å². The number of imidazole rings is 1. The molecule has 0 radical (unpaired) electrons. The first kappa shape index (κ1) is 24.5. The van der Waals surface area contributed by atoms with Crippen LogP contribution in [0.5, 0.6) is 0 Å². The second-order valence-electron chi connectivity index (χ2n) is 7.96. The lowest BCUT2D eigenvalue weighted by Gasteiger charge is -2.24. The zero-order valence-electron chi connectivity index (χ0n) is 19.1. The van der Waals surface area contributed by atoms with Crippen molar-refractivity contribution in [2.24, 2.45) is 0 Å². The predicted molar refractivity (Wildman–Crippen MR) is 123 cm³/mol. The van der Waals surface area contributed by atoms with Crippen molar-refractivity contribution in [1.29, 1.82) is 0 Å². The monoisotopic (exact) mass is 474 g/mol. The Morgan fingerprint density at radius 2 is 1.94 bits per heavy atom. The van der Waals surface area contributed by atoms with Gasteiger partial charge < -0.3 is 23.9 Å². The third-order valence-electron chi connectivity index (χ3n) is 4.88. The van der Waals surface area contributed by atoms with Crippen LogP contribution in [0.15, 0.2) is 64.5 Å². The normalized spacial score (nSPS) is 11.6. The molecule has 0 spiro atoms. The Morgan fingerprint density at radius 1 is 1.18 bits per heavy atom. The molecular formula is C23H30N4O5S. The summed E-state index contributed by atoms with van der Waals surface area (Å²) in [7, 11) is -2.17. The van der Waals surface area contributed by atoms with Gasteiger partial charge in [-0.3, -0.25) is 0 Å². The van der Waals surface area contributed by atoms with E-state index in [0.29, 0.717) is 23.6 Å². The van der Waals surface area contributed by atoms with E-state index in [1.165, 1.54) is 6.20 Å². The SMILES string of the molecule is COCCn1c(CN(Cc2ccco2)C(=O)NC(C)C)cnc1S(=O)(=O)Cc1ccccc1. The molecule has 3 rings (SSSR count). The highest BCUT2D eigenvalue weighted by Gasteiger charge is 2.26. The fourth-order valence-electron chi connectivity index (χ4n) is 3.37. The molecule has 0 aliphatic carbocycles. The number of urea groups is 1. The Labute approximate surface area is 194 Å². The Kier molecular flexibility index (Phi) is 8.29. The van der Waals surface area contributed by atoms with Crippen LogP contribution in [0.1, 0.15) is 30.9 Å². The Balaban J connectivity index is 1.91. The molecule has 178 valence electrons. The van der Waals surface area contributed by atoms with Gasteiger partial charge in [-0.25, -0.2) is 18.2 Å². The van der Waals surface area contributed by atoms with Crippen molar-refractivity contribution in [2.75, 3.05) is 13.7 Å². The van der Waals surface area contributed by atoms with Gasteiger partial charge in [-0.2, -0.15) is 0 Å². The highest BCUT2D eigenvalue weighted by atomic mass is 32.2. The second kappa shape index (κ2) is 11.2. The van der Waals surface area contributed by atoms with Gasteiger partial charge in [-0.15, -0.1) is 0 Å². The molecule has 0 aliphatic heterocycles. The van der Waals surface area contributed by atoms with Crippen molar-refractivity contribution in [1.82, 2.24) is 19.8 Å². The summed E-state index contributed by atoms with van der Waals surface area (Å²) in [5.41, 5.74) is 1.26. The molecule has 1 N–H and O–H groups in total. The van der Waals surface area contributed by atoms with Gasteiger partial charge in [0.05, 0.1) is 43.6 Å². The van der Waals surface area contributed by atoms with Gasteiger partial charge in [0.15, 0.2) is 0 Å². The Hall–Kier alpha value is -3.11. The van der Waals surface area contributed by atoms with Crippen LogP contribution < -0.4 is 5.32 Å². The van der Waals surface area contributed by atoms with Crippen LogP contribution in [0.3, 0.4) is 0 Å². The molecular weight excluding hydrogens is 444 g/mol. The molecule has 9 nitrogen and oxygen atoms in total. The van der Waals surface area contributed by atoms with E-state index < -0.39 is 9.84 Å². The smallest absolute Gasteiger partial charge is 0.318 e. The molecule has 0 fully saturated rings. The van der Waals surface area contributed by atoms with Gasteiger partial charge in [0.2, 0.25) is 15.0 Å². The minimum Gasteiger partial charge on any atom is -0.467 e. The molecule has 0 bridgehead atoms. The van der Waals surface area contributed by atoms with Gasteiger partial charge in [0.1, 0.15) is 5.76 Å². The average molecular weight is 475 g/mol. The van der Waals surface area contributed by atoms with Crippen LogP contribution in [0.25, 0.3) is 0 Å². The molecule has 10 heteroatoms. The quantitative estimate of drug-likeness (QED) is 0.457. The first-order valence-electron chi connectivity index (χ1n) is 10.7. The average Bonchev–Trinajstić information content (AvgIpc) is 3.42. The fourth-order valence-corrected chi connectivity index (χ4v) is 4.89. The number of furan rings is 1. The van der Waals surface area contributed by atoms with Gasteiger partial charge >= 0.3 is 6.03 Å². The summed E-state index contributed by atoms with van der Waals surface area (Å²) in [5.74, 6) is 0.454. The molecule has 33 heavy (non-hydrogen) atoms.